The molecule has 1 rings (SSSR count). The van der Waals surface area contributed by atoms with Crippen molar-refractivity contribution in [2.45, 2.75) is 70.9 Å². The summed E-state index contributed by atoms with van der Waals surface area (Å²) in [4.78, 5) is 13.7. The highest BCUT2D eigenvalue weighted by Gasteiger charge is 2.22. The number of unbranched alkanes of at least 4 members (excludes halogenated alkanes) is 3. The number of nitrogens with one attached hydrogen (secondary N) is 1. The van der Waals surface area contributed by atoms with E-state index in [9.17, 15) is 9.90 Å². The third-order valence-electron chi connectivity index (χ3n) is 3.54. The first-order chi connectivity index (χ1) is 8.63. The van der Waals surface area contributed by atoms with E-state index in [1.165, 1.54) is 25.7 Å². The Labute approximate surface area is 111 Å². The summed E-state index contributed by atoms with van der Waals surface area (Å²) in [5, 5.41) is 12.6. The molecule has 0 aliphatic carbocycles. The number of β-amino-alcohol motifs (C(OH)–C–C–N with tert-alkyl or cyclic N) is 1. The van der Waals surface area contributed by atoms with E-state index in [4.69, 9.17) is 0 Å². The number of aliphatic hydroxyl groups excluding tert-OH is 1. The molecular formula is C14H28N2O2. The van der Waals surface area contributed by atoms with Gasteiger partial charge in [-0.3, -0.25) is 0 Å². The molecule has 1 aliphatic rings. The average molecular weight is 256 g/mol. The summed E-state index contributed by atoms with van der Waals surface area (Å²) in [6, 6.07) is 0.213. The number of likely N-dealkylation sites (tertiary alicyclic amines) is 1. The summed E-state index contributed by atoms with van der Waals surface area (Å²) in [5.74, 6) is 0. The number of piperidine rings is 1. The lowest BCUT2D eigenvalue weighted by molar-refractivity contribution is 0.0833. The van der Waals surface area contributed by atoms with Crippen molar-refractivity contribution in [1.82, 2.24) is 10.2 Å². The van der Waals surface area contributed by atoms with Crippen molar-refractivity contribution in [3.05, 3.63) is 0 Å². The third kappa shape index (κ3) is 5.71. The highest BCUT2D eigenvalue weighted by molar-refractivity contribution is 5.74. The van der Waals surface area contributed by atoms with Crippen LogP contribution >= 0.6 is 0 Å². The zero-order valence-corrected chi connectivity index (χ0v) is 11.8. The van der Waals surface area contributed by atoms with Gasteiger partial charge in [-0.25, -0.2) is 4.79 Å². The average Bonchev–Trinajstić information content (AvgIpc) is 2.34. The van der Waals surface area contributed by atoms with Crippen LogP contribution in [0.4, 0.5) is 4.79 Å². The van der Waals surface area contributed by atoms with E-state index < -0.39 is 0 Å². The van der Waals surface area contributed by atoms with E-state index in [1.54, 1.807) is 4.90 Å². The number of hydrogen-bond acceptors (Lipinski definition) is 2. The second kappa shape index (κ2) is 8.35. The van der Waals surface area contributed by atoms with E-state index in [-0.39, 0.29) is 18.2 Å². The van der Waals surface area contributed by atoms with Gasteiger partial charge in [0.05, 0.1) is 6.10 Å². The number of hydrogen-bond donors (Lipinski definition) is 2. The summed E-state index contributed by atoms with van der Waals surface area (Å²) in [5.41, 5.74) is 0. The van der Waals surface area contributed by atoms with Crippen LogP contribution in [0.1, 0.15) is 58.8 Å². The third-order valence-corrected chi connectivity index (χ3v) is 3.54. The van der Waals surface area contributed by atoms with E-state index >= 15 is 0 Å². The molecule has 0 radical (unpaired) electrons. The molecule has 0 bridgehead atoms. The predicted octanol–water partition coefficient (Wildman–Crippen LogP) is 2.51. The number of nitrogens with zero attached hydrogens (tertiary/aromatic N) is 1. The maximum absolute atomic E-state index is 11.9. The van der Waals surface area contributed by atoms with Gasteiger partial charge in [0.2, 0.25) is 0 Å². The Balaban J connectivity index is 2.17. The SMILES string of the molecule is CCCCCCC(C)NC(=O)N1CCCC(O)C1. The van der Waals surface area contributed by atoms with Crippen LogP contribution in [0.3, 0.4) is 0 Å². The van der Waals surface area contributed by atoms with Crippen molar-refractivity contribution in [2.24, 2.45) is 0 Å². The van der Waals surface area contributed by atoms with Crippen molar-refractivity contribution in [1.29, 1.82) is 0 Å². The smallest absolute Gasteiger partial charge is 0.317 e. The van der Waals surface area contributed by atoms with Gasteiger partial charge in [0.15, 0.2) is 0 Å². The quantitative estimate of drug-likeness (QED) is 0.717. The Morgan fingerprint density at radius 3 is 2.89 bits per heavy atom. The number of carbonyl (C=O) groups is 1. The van der Waals surface area contributed by atoms with Crippen LogP contribution < -0.4 is 5.32 Å². The fourth-order valence-corrected chi connectivity index (χ4v) is 2.39. The van der Waals surface area contributed by atoms with E-state index in [2.05, 4.69) is 19.2 Å². The van der Waals surface area contributed by atoms with Gasteiger partial charge in [0, 0.05) is 19.1 Å². The van der Waals surface area contributed by atoms with Gasteiger partial charge < -0.3 is 15.3 Å². The molecule has 1 fully saturated rings. The monoisotopic (exact) mass is 256 g/mol. The van der Waals surface area contributed by atoms with Crippen LogP contribution in [-0.4, -0.2) is 41.3 Å². The Morgan fingerprint density at radius 2 is 2.22 bits per heavy atom. The lowest BCUT2D eigenvalue weighted by atomic mass is 10.1. The minimum absolute atomic E-state index is 0.0169. The number of aliphatic hydroxyl groups is 1. The van der Waals surface area contributed by atoms with Gasteiger partial charge in [-0.1, -0.05) is 32.6 Å². The second-order valence-corrected chi connectivity index (χ2v) is 5.44. The molecule has 0 aromatic carbocycles. The molecule has 1 heterocycles. The summed E-state index contributed by atoms with van der Waals surface area (Å²) in [6.07, 6.45) is 7.37. The Kier molecular flexibility index (Phi) is 7.09. The number of amides is 2. The number of carbonyl (C=O) groups excluding carboxylic acids is 1. The maximum atomic E-state index is 11.9. The first-order valence-corrected chi connectivity index (χ1v) is 7.37. The van der Waals surface area contributed by atoms with E-state index in [1.807, 2.05) is 0 Å². The summed E-state index contributed by atoms with van der Waals surface area (Å²) in [6.45, 7) is 5.51. The van der Waals surface area contributed by atoms with Crippen LogP contribution in [0, 0.1) is 0 Å². The molecule has 106 valence electrons. The molecule has 0 aromatic heterocycles. The molecule has 0 aromatic rings. The van der Waals surface area contributed by atoms with Gasteiger partial charge in [0.1, 0.15) is 0 Å². The van der Waals surface area contributed by atoms with Gasteiger partial charge in [0.25, 0.3) is 0 Å². The molecule has 4 nitrogen and oxygen atoms in total. The topological polar surface area (TPSA) is 52.6 Å². The van der Waals surface area contributed by atoms with Crippen molar-refractivity contribution >= 4 is 6.03 Å². The van der Waals surface area contributed by atoms with E-state index in [0.29, 0.717) is 6.54 Å². The van der Waals surface area contributed by atoms with Crippen molar-refractivity contribution in [3.8, 4) is 0 Å². The molecule has 2 atom stereocenters. The molecule has 2 N–H and O–H groups in total. The maximum Gasteiger partial charge on any atom is 0.317 e. The Bertz CT molecular complexity index is 246. The first kappa shape index (κ1) is 15.3. The molecule has 18 heavy (non-hydrogen) atoms. The normalized spacial score (nSPS) is 21.7. The second-order valence-electron chi connectivity index (χ2n) is 5.44. The van der Waals surface area contributed by atoms with Crippen LogP contribution in [0.2, 0.25) is 0 Å². The Hall–Kier alpha value is -0.770. The minimum atomic E-state index is -0.343. The zero-order valence-electron chi connectivity index (χ0n) is 11.8. The molecule has 4 heteroatoms. The fourth-order valence-electron chi connectivity index (χ4n) is 2.39. The largest absolute Gasteiger partial charge is 0.391 e. The van der Waals surface area contributed by atoms with E-state index in [0.717, 1.165) is 25.8 Å². The zero-order chi connectivity index (χ0) is 13.4. The van der Waals surface area contributed by atoms with Gasteiger partial charge in [-0.2, -0.15) is 0 Å². The van der Waals surface area contributed by atoms with Crippen LogP contribution in [-0.2, 0) is 0 Å². The molecule has 1 saturated heterocycles. The molecule has 2 amide bonds. The lowest BCUT2D eigenvalue weighted by Gasteiger charge is -2.31. The van der Waals surface area contributed by atoms with Crippen molar-refractivity contribution in [2.75, 3.05) is 13.1 Å². The molecule has 0 spiro atoms. The molecular weight excluding hydrogens is 228 g/mol. The highest BCUT2D eigenvalue weighted by atomic mass is 16.3. The standard InChI is InChI=1S/C14H28N2O2/c1-3-4-5-6-8-12(2)15-14(18)16-10-7-9-13(17)11-16/h12-13,17H,3-11H2,1-2H3,(H,15,18). The summed E-state index contributed by atoms with van der Waals surface area (Å²) < 4.78 is 0. The van der Waals surface area contributed by atoms with Crippen molar-refractivity contribution < 1.29 is 9.90 Å². The highest BCUT2D eigenvalue weighted by Crippen LogP contribution is 2.11. The fraction of sp³-hybridized carbons (Fsp3) is 0.929. The van der Waals surface area contributed by atoms with Crippen molar-refractivity contribution in [3.63, 3.8) is 0 Å². The predicted molar refractivity (Wildman–Crippen MR) is 73.6 cm³/mol. The summed E-state index contributed by atoms with van der Waals surface area (Å²) >= 11 is 0. The van der Waals surface area contributed by atoms with Gasteiger partial charge >= 0.3 is 6.03 Å². The van der Waals surface area contributed by atoms with Gasteiger partial charge in [-0.15, -0.1) is 0 Å². The number of rotatable bonds is 6. The molecule has 0 saturated carbocycles. The van der Waals surface area contributed by atoms with Crippen LogP contribution in [0.15, 0.2) is 0 Å². The first-order valence-electron chi connectivity index (χ1n) is 7.37. The van der Waals surface area contributed by atoms with Gasteiger partial charge in [-0.05, 0) is 26.2 Å². The summed E-state index contributed by atoms with van der Waals surface area (Å²) in [7, 11) is 0. The minimum Gasteiger partial charge on any atom is -0.391 e. The van der Waals surface area contributed by atoms with Crippen LogP contribution in [0.25, 0.3) is 0 Å². The lowest BCUT2D eigenvalue weighted by Crippen LogP contribution is -2.49. The molecule has 2 unspecified atom stereocenters. The Morgan fingerprint density at radius 1 is 1.44 bits per heavy atom. The number of urea groups is 1. The molecule has 1 aliphatic heterocycles. The van der Waals surface area contributed by atoms with Crippen LogP contribution in [0.5, 0.6) is 0 Å².